The van der Waals surface area contributed by atoms with Crippen LogP contribution in [0.4, 0.5) is 0 Å². The minimum atomic E-state index is 0.0963. The fraction of sp³-hybridized carbons (Fsp3) is 0.529. The highest BCUT2D eigenvalue weighted by molar-refractivity contribution is 5.79. The van der Waals surface area contributed by atoms with E-state index >= 15 is 0 Å². The lowest BCUT2D eigenvalue weighted by Gasteiger charge is -2.30. The maximum atomic E-state index is 12.6. The molecule has 1 fully saturated rings. The van der Waals surface area contributed by atoms with Gasteiger partial charge in [-0.1, -0.05) is 18.2 Å². The first-order valence-electron chi connectivity index (χ1n) is 7.68. The van der Waals surface area contributed by atoms with Crippen LogP contribution in [0.3, 0.4) is 0 Å². The van der Waals surface area contributed by atoms with Crippen molar-refractivity contribution in [3.8, 4) is 6.07 Å². The number of carbonyl (C=O) groups excluding carboxylic acids is 1. The average Bonchev–Trinajstić information content (AvgIpc) is 2.53. The minimum Gasteiger partial charge on any atom is -0.338 e. The van der Waals surface area contributed by atoms with Crippen molar-refractivity contribution >= 4 is 5.91 Å². The largest absolute Gasteiger partial charge is 0.338 e. The summed E-state index contributed by atoms with van der Waals surface area (Å²) in [5.74, 6) is 0.302. The molecule has 0 bridgehead atoms. The lowest BCUT2D eigenvalue weighted by Crippen LogP contribution is -2.39. The summed E-state index contributed by atoms with van der Waals surface area (Å²) in [5.41, 5.74) is 7.47. The number of nitriles is 1. The molecule has 4 heteroatoms. The van der Waals surface area contributed by atoms with Crippen LogP contribution >= 0.6 is 0 Å². The summed E-state index contributed by atoms with van der Waals surface area (Å²) >= 11 is 0. The summed E-state index contributed by atoms with van der Waals surface area (Å²) in [6.07, 6.45) is 3.64. The number of amides is 1. The van der Waals surface area contributed by atoms with E-state index < -0.39 is 0 Å². The molecule has 1 aromatic carbocycles. The van der Waals surface area contributed by atoms with Gasteiger partial charge in [-0.05, 0) is 44.2 Å². The number of hydrogen-bond donors (Lipinski definition) is 1. The van der Waals surface area contributed by atoms with Crippen LogP contribution in [0.25, 0.3) is 0 Å². The zero-order valence-corrected chi connectivity index (χ0v) is 12.6. The van der Waals surface area contributed by atoms with Crippen LogP contribution in [-0.2, 0) is 11.3 Å². The molecule has 0 spiro atoms. The van der Waals surface area contributed by atoms with Gasteiger partial charge in [0.25, 0.3) is 0 Å². The predicted octanol–water partition coefficient (Wildman–Crippen LogP) is 2.42. The predicted molar refractivity (Wildman–Crippen MR) is 82.2 cm³/mol. The van der Waals surface area contributed by atoms with Gasteiger partial charge in [0, 0.05) is 25.0 Å². The number of nitrogens with two attached hydrogens (primary N) is 1. The van der Waals surface area contributed by atoms with E-state index in [2.05, 4.69) is 6.07 Å². The number of benzene rings is 1. The molecule has 0 heterocycles. The fourth-order valence-electron chi connectivity index (χ4n) is 2.94. The van der Waals surface area contributed by atoms with Crippen molar-refractivity contribution in [3.63, 3.8) is 0 Å². The van der Waals surface area contributed by atoms with Crippen molar-refractivity contribution in [1.82, 2.24) is 4.90 Å². The van der Waals surface area contributed by atoms with Gasteiger partial charge in [0.1, 0.15) is 0 Å². The standard InChI is InChI=1S/C17H23N3O/c1-2-20(12-15-6-4-3-5-14(15)11-18)17(21)13-7-9-16(19)10-8-13/h3-6,13,16H,2,7-10,12,19H2,1H3. The van der Waals surface area contributed by atoms with Gasteiger partial charge >= 0.3 is 0 Å². The number of rotatable bonds is 4. The first-order chi connectivity index (χ1) is 10.2. The summed E-state index contributed by atoms with van der Waals surface area (Å²) in [7, 11) is 0. The Labute approximate surface area is 126 Å². The highest BCUT2D eigenvalue weighted by atomic mass is 16.2. The van der Waals surface area contributed by atoms with E-state index in [1.807, 2.05) is 30.0 Å². The maximum Gasteiger partial charge on any atom is 0.225 e. The Bertz CT molecular complexity index is 527. The lowest BCUT2D eigenvalue weighted by molar-refractivity contribution is -0.137. The third-order valence-electron chi connectivity index (χ3n) is 4.31. The highest BCUT2D eigenvalue weighted by Gasteiger charge is 2.27. The smallest absolute Gasteiger partial charge is 0.225 e. The summed E-state index contributed by atoms with van der Waals surface area (Å²) in [6, 6.07) is 9.93. The molecule has 1 amide bonds. The van der Waals surface area contributed by atoms with Crippen molar-refractivity contribution in [2.24, 2.45) is 11.7 Å². The Kier molecular flexibility index (Phi) is 5.35. The summed E-state index contributed by atoms with van der Waals surface area (Å²) in [4.78, 5) is 14.5. The fourth-order valence-corrected chi connectivity index (χ4v) is 2.94. The second-order valence-corrected chi connectivity index (χ2v) is 5.73. The summed E-state index contributed by atoms with van der Waals surface area (Å²) in [5, 5.41) is 9.15. The molecule has 0 radical (unpaired) electrons. The van der Waals surface area contributed by atoms with Crippen molar-refractivity contribution in [2.75, 3.05) is 6.54 Å². The third kappa shape index (κ3) is 3.83. The lowest BCUT2D eigenvalue weighted by atomic mass is 9.85. The molecule has 0 saturated heterocycles. The van der Waals surface area contributed by atoms with Crippen molar-refractivity contribution in [1.29, 1.82) is 5.26 Å². The van der Waals surface area contributed by atoms with E-state index in [-0.39, 0.29) is 17.9 Å². The molecule has 0 unspecified atom stereocenters. The first kappa shape index (κ1) is 15.5. The molecule has 0 aliphatic heterocycles. The highest BCUT2D eigenvalue weighted by Crippen LogP contribution is 2.25. The minimum absolute atomic E-state index is 0.0963. The topological polar surface area (TPSA) is 70.1 Å². The summed E-state index contributed by atoms with van der Waals surface area (Å²) in [6.45, 7) is 3.17. The van der Waals surface area contributed by atoms with Crippen LogP contribution in [0.1, 0.15) is 43.7 Å². The van der Waals surface area contributed by atoms with E-state index in [4.69, 9.17) is 11.0 Å². The van der Waals surface area contributed by atoms with E-state index in [1.54, 1.807) is 6.07 Å². The van der Waals surface area contributed by atoms with Crippen LogP contribution in [0.5, 0.6) is 0 Å². The Hall–Kier alpha value is -1.86. The van der Waals surface area contributed by atoms with Gasteiger partial charge in [-0.3, -0.25) is 4.79 Å². The molecule has 1 aromatic rings. The number of nitrogens with zero attached hydrogens (tertiary/aromatic N) is 2. The first-order valence-corrected chi connectivity index (χ1v) is 7.68. The number of carbonyl (C=O) groups is 1. The normalized spacial score (nSPS) is 21.6. The zero-order chi connectivity index (χ0) is 15.2. The molecule has 4 nitrogen and oxygen atoms in total. The Morgan fingerprint density at radius 3 is 2.62 bits per heavy atom. The van der Waals surface area contributed by atoms with Gasteiger partial charge in [0.2, 0.25) is 5.91 Å². The number of hydrogen-bond acceptors (Lipinski definition) is 3. The van der Waals surface area contributed by atoms with Gasteiger partial charge in [0.05, 0.1) is 11.6 Å². The molecule has 112 valence electrons. The Morgan fingerprint density at radius 1 is 1.33 bits per heavy atom. The van der Waals surface area contributed by atoms with E-state index in [0.717, 1.165) is 31.2 Å². The zero-order valence-electron chi connectivity index (χ0n) is 12.6. The molecule has 1 aliphatic carbocycles. The average molecular weight is 285 g/mol. The van der Waals surface area contributed by atoms with Crippen LogP contribution in [-0.4, -0.2) is 23.4 Å². The maximum absolute atomic E-state index is 12.6. The van der Waals surface area contributed by atoms with Gasteiger partial charge in [-0.2, -0.15) is 5.26 Å². The van der Waals surface area contributed by atoms with Crippen LogP contribution in [0.15, 0.2) is 24.3 Å². The second kappa shape index (κ2) is 7.24. The summed E-state index contributed by atoms with van der Waals surface area (Å²) < 4.78 is 0. The molecule has 2 N–H and O–H groups in total. The van der Waals surface area contributed by atoms with Gasteiger partial charge in [-0.25, -0.2) is 0 Å². The van der Waals surface area contributed by atoms with Crippen LogP contribution < -0.4 is 5.73 Å². The molecule has 0 atom stereocenters. The third-order valence-corrected chi connectivity index (χ3v) is 4.31. The quantitative estimate of drug-likeness (QED) is 0.923. The van der Waals surface area contributed by atoms with Gasteiger partial charge < -0.3 is 10.6 Å². The molecule has 0 aromatic heterocycles. The Morgan fingerprint density at radius 2 is 2.00 bits per heavy atom. The van der Waals surface area contributed by atoms with Crippen molar-refractivity contribution in [3.05, 3.63) is 35.4 Å². The second-order valence-electron chi connectivity index (χ2n) is 5.73. The molecular weight excluding hydrogens is 262 g/mol. The van der Waals surface area contributed by atoms with E-state index in [9.17, 15) is 4.79 Å². The van der Waals surface area contributed by atoms with Gasteiger partial charge in [-0.15, -0.1) is 0 Å². The molecule has 2 rings (SSSR count). The monoisotopic (exact) mass is 285 g/mol. The molecule has 1 saturated carbocycles. The van der Waals surface area contributed by atoms with E-state index in [1.165, 1.54) is 0 Å². The van der Waals surface area contributed by atoms with Crippen LogP contribution in [0, 0.1) is 17.2 Å². The van der Waals surface area contributed by atoms with Crippen molar-refractivity contribution < 1.29 is 4.79 Å². The molecule has 21 heavy (non-hydrogen) atoms. The molecule has 1 aliphatic rings. The van der Waals surface area contributed by atoms with Crippen LogP contribution in [0.2, 0.25) is 0 Å². The van der Waals surface area contributed by atoms with Gasteiger partial charge in [0.15, 0.2) is 0 Å². The Balaban J connectivity index is 2.06. The van der Waals surface area contributed by atoms with E-state index in [0.29, 0.717) is 18.7 Å². The molecular formula is C17H23N3O. The SMILES string of the molecule is CCN(Cc1ccccc1C#N)C(=O)C1CCC(N)CC1. The van der Waals surface area contributed by atoms with Crippen molar-refractivity contribution in [2.45, 2.75) is 45.2 Å².